The topological polar surface area (TPSA) is 43.7 Å². The van der Waals surface area contributed by atoms with Gasteiger partial charge in [-0.05, 0) is 26.4 Å². The molecule has 0 radical (unpaired) electrons. The van der Waals surface area contributed by atoms with Gasteiger partial charge in [-0.3, -0.25) is 0 Å². The van der Waals surface area contributed by atoms with Gasteiger partial charge in [-0.25, -0.2) is 0 Å². The minimum atomic E-state index is -0.413. The summed E-state index contributed by atoms with van der Waals surface area (Å²) in [5, 5.41) is 19.0. The Morgan fingerprint density at radius 2 is 1.54 bits per heavy atom. The highest BCUT2D eigenvalue weighted by atomic mass is 16.3. The van der Waals surface area contributed by atoms with E-state index in [0.29, 0.717) is 18.9 Å². The SMILES string of the molecule is CC(C)CC(O)CC(O)CN(C)C. The van der Waals surface area contributed by atoms with E-state index in [9.17, 15) is 10.2 Å². The summed E-state index contributed by atoms with van der Waals surface area (Å²) in [6.45, 7) is 4.76. The second-order valence-electron chi connectivity index (χ2n) is 4.44. The van der Waals surface area contributed by atoms with Crippen LogP contribution in [0.2, 0.25) is 0 Å². The molecule has 0 saturated carbocycles. The maximum Gasteiger partial charge on any atom is 0.0691 e. The van der Waals surface area contributed by atoms with Crippen LogP contribution in [0.5, 0.6) is 0 Å². The van der Waals surface area contributed by atoms with Crippen LogP contribution >= 0.6 is 0 Å². The summed E-state index contributed by atoms with van der Waals surface area (Å²) in [7, 11) is 3.83. The predicted octanol–water partition coefficient (Wildman–Crippen LogP) is 0.706. The molecule has 0 bridgehead atoms. The van der Waals surface area contributed by atoms with Crippen LogP contribution in [-0.2, 0) is 0 Å². The summed E-state index contributed by atoms with van der Waals surface area (Å²) < 4.78 is 0. The van der Waals surface area contributed by atoms with Gasteiger partial charge in [-0.2, -0.15) is 0 Å². The van der Waals surface area contributed by atoms with E-state index >= 15 is 0 Å². The molecule has 0 saturated heterocycles. The third-order valence-corrected chi connectivity index (χ3v) is 1.86. The number of aliphatic hydroxyl groups is 2. The van der Waals surface area contributed by atoms with Crippen LogP contribution in [-0.4, -0.2) is 48.0 Å². The summed E-state index contributed by atoms with van der Waals surface area (Å²) in [4.78, 5) is 1.92. The first kappa shape index (κ1) is 12.9. The lowest BCUT2D eigenvalue weighted by atomic mass is 10.0. The Morgan fingerprint density at radius 3 is 1.92 bits per heavy atom. The molecule has 2 unspecified atom stereocenters. The average molecular weight is 189 g/mol. The van der Waals surface area contributed by atoms with Crippen molar-refractivity contribution >= 4 is 0 Å². The Labute approximate surface area is 81.4 Å². The van der Waals surface area contributed by atoms with Crippen LogP contribution in [0.3, 0.4) is 0 Å². The monoisotopic (exact) mass is 189 g/mol. The zero-order chi connectivity index (χ0) is 10.4. The number of hydrogen-bond acceptors (Lipinski definition) is 3. The minimum absolute atomic E-state index is 0.366. The molecule has 0 rings (SSSR count). The molecule has 0 aliphatic rings. The first-order chi connectivity index (χ1) is 5.91. The first-order valence-corrected chi connectivity index (χ1v) is 4.92. The molecule has 2 atom stereocenters. The lowest BCUT2D eigenvalue weighted by Crippen LogP contribution is -2.29. The van der Waals surface area contributed by atoms with Crippen LogP contribution in [0.25, 0.3) is 0 Å². The molecule has 0 aliphatic carbocycles. The third-order valence-electron chi connectivity index (χ3n) is 1.86. The first-order valence-electron chi connectivity index (χ1n) is 4.92. The van der Waals surface area contributed by atoms with E-state index in [-0.39, 0.29) is 6.10 Å². The van der Waals surface area contributed by atoms with Crippen LogP contribution in [0.4, 0.5) is 0 Å². The zero-order valence-corrected chi connectivity index (χ0v) is 9.20. The van der Waals surface area contributed by atoms with E-state index in [1.54, 1.807) is 0 Å². The normalized spacial score (nSPS) is 16.6. The van der Waals surface area contributed by atoms with Crippen molar-refractivity contribution in [3.63, 3.8) is 0 Å². The molecule has 3 heteroatoms. The van der Waals surface area contributed by atoms with Crippen molar-refractivity contribution in [2.75, 3.05) is 20.6 Å². The average Bonchev–Trinajstić information content (AvgIpc) is 1.80. The molecule has 0 aromatic heterocycles. The molecular formula is C10H23NO2. The van der Waals surface area contributed by atoms with Gasteiger partial charge in [0, 0.05) is 13.0 Å². The summed E-state index contributed by atoms with van der Waals surface area (Å²) in [6, 6.07) is 0. The van der Waals surface area contributed by atoms with Crippen molar-refractivity contribution in [2.45, 2.75) is 38.9 Å². The van der Waals surface area contributed by atoms with E-state index in [1.165, 1.54) is 0 Å². The Bertz CT molecular complexity index is 112. The van der Waals surface area contributed by atoms with E-state index in [2.05, 4.69) is 13.8 Å². The molecule has 3 nitrogen and oxygen atoms in total. The van der Waals surface area contributed by atoms with Crippen molar-refractivity contribution in [2.24, 2.45) is 5.92 Å². The maximum absolute atomic E-state index is 9.52. The number of rotatable bonds is 6. The fourth-order valence-corrected chi connectivity index (χ4v) is 1.45. The highest BCUT2D eigenvalue weighted by Crippen LogP contribution is 2.09. The summed E-state index contributed by atoms with van der Waals surface area (Å²) in [5.41, 5.74) is 0. The molecule has 0 aromatic carbocycles. The Hall–Kier alpha value is -0.120. The van der Waals surface area contributed by atoms with Gasteiger partial charge in [-0.1, -0.05) is 13.8 Å². The number of aliphatic hydroxyl groups excluding tert-OH is 2. The van der Waals surface area contributed by atoms with Crippen molar-refractivity contribution in [3.8, 4) is 0 Å². The molecular weight excluding hydrogens is 166 g/mol. The fourth-order valence-electron chi connectivity index (χ4n) is 1.45. The fraction of sp³-hybridized carbons (Fsp3) is 1.00. The summed E-state index contributed by atoms with van der Waals surface area (Å²) >= 11 is 0. The van der Waals surface area contributed by atoms with Gasteiger partial charge < -0.3 is 15.1 Å². The molecule has 0 spiro atoms. The lowest BCUT2D eigenvalue weighted by molar-refractivity contribution is 0.0548. The van der Waals surface area contributed by atoms with Crippen molar-refractivity contribution in [1.82, 2.24) is 4.90 Å². The van der Waals surface area contributed by atoms with E-state index < -0.39 is 6.10 Å². The minimum Gasteiger partial charge on any atom is -0.393 e. The molecule has 0 fully saturated rings. The Kier molecular flexibility index (Phi) is 6.29. The predicted molar refractivity (Wildman–Crippen MR) is 54.6 cm³/mol. The van der Waals surface area contributed by atoms with Crippen LogP contribution < -0.4 is 0 Å². The van der Waals surface area contributed by atoms with E-state index in [4.69, 9.17) is 0 Å². The second kappa shape index (κ2) is 6.35. The Morgan fingerprint density at radius 1 is 1.00 bits per heavy atom. The van der Waals surface area contributed by atoms with Crippen LogP contribution in [0, 0.1) is 5.92 Å². The molecule has 2 N–H and O–H groups in total. The number of hydrogen-bond donors (Lipinski definition) is 2. The van der Waals surface area contributed by atoms with Gasteiger partial charge in [0.15, 0.2) is 0 Å². The van der Waals surface area contributed by atoms with Gasteiger partial charge in [0.05, 0.1) is 12.2 Å². The van der Waals surface area contributed by atoms with Crippen LogP contribution in [0.15, 0.2) is 0 Å². The standard InChI is InChI=1S/C10H23NO2/c1-8(2)5-9(12)6-10(13)7-11(3)4/h8-10,12-13H,5-7H2,1-4H3. The molecule has 0 heterocycles. The van der Waals surface area contributed by atoms with Gasteiger partial charge in [-0.15, -0.1) is 0 Å². The molecule has 13 heavy (non-hydrogen) atoms. The second-order valence-corrected chi connectivity index (χ2v) is 4.44. The summed E-state index contributed by atoms with van der Waals surface area (Å²) in [6.07, 6.45) is 0.472. The molecule has 0 aromatic rings. The quantitative estimate of drug-likeness (QED) is 0.646. The largest absolute Gasteiger partial charge is 0.393 e. The Balaban J connectivity index is 3.58. The van der Waals surface area contributed by atoms with E-state index in [1.807, 2.05) is 19.0 Å². The van der Waals surface area contributed by atoms with Crippen molar-refractivity contribution < 1.29 is 10.2 Å². The van der Waals surface area contributed by atoms with Gasteiger partial charge >= 0.3 is 0 Å². The van der Waals surface area contributed by atoms with Gasteiger partial charge in [0.1, 0.15) is 0 Å². The molecule has 0 amide bonds. The highest BCUT2D eigenvalue weighted by molar-refractivity contribution is 4.66. The van der Waals surface area contributed by atoms with Gasteiger partial charge in [0.25, 0.3) is 0 Å². The molecule has 0 aliphatic heterocycles. The van der Waals surface area contributed by atoms with E-state index in [0.717, 1.165) is 6.42 Å². The lowest BCUT2D eigenvalue weighted by Gasteiger charge is -2.19. The zero-order valence-electron chi connectivity index (χ0n) is 9.20. The number of likely N-dealkylation sites (N-methyl/N-ethyl adjacent to an activating group) is 1. The van der Waals surface area contributed by atoms with Gasteiger partial charge in [0.2, 0.25) is 0 Å². The highest BCUT2D eigenvalue weighted by Gasteiger charge is 2.13. The molecule has 80 valence electrons. The maximum atomic E-state index is 9.52. The summed E-state index contributed by atoms with van der Waals surface area (Å²) in [5.74, 6) is 0.488. The number of nitrogens with zero attached hydrogens (tertiary/aromatic N) is 1. The van der Waals surface area contributed by atoms with Crippen LogP contribution in [0.1, 0.15) is 26.7 Å². The van der Waals surface area contributed by atoms with Crippen molar-refractivity contribution in [3.05, 3.63) is 0 Å². The van der Waals surface area contributed by atoms with Crippen molar-refractivity contribution in [1.29, 1.82) is 0 Å². The smallest absolute Gasteiger partial charge is 0.0691 e. The third kappa shape index (κ3) is 8.22.